The molecule has 31 heavy (non-hydrogen) atoms. The van der Waals surface area contributed by atoms with Gasteiger partial charge in [-0.2, -0.15) is 5.26 Å². The minimum absolute atomic E-state index is 0.0603. The Labute approximate surface area is 184 Å². The summed E-state index contributed by atoms with van der Waals surface area (Å²) in [6, 6.07) is 12.6. The van der Waals surface area contributed by atoms with Gasteiger partial charge in [-0.3, -0.25) is 9.59 Å². The Hall–Kier alpha value is -3.64. The van der Waals surface area contributed by atoms with Gasteiger partial charge < -0.3 is 25.5 Å². The van der Waals surface area contributed by atoms with Crippen LogP contribution in [0.1, 0.15) is 25.5 Å². The zero-order valence-corrected chi connectivity index (χ0v) is 17.9. The predicted octanol–water partition coefficient (Wildman–Crippen LogP) is 3.23. The number of thioether (sulfide) groups is 1. The van der Waals surface area contributed by atoms with Crippen molar-refractivity contribution in [3.8, 4) is 11.8 Å². The van der Waals surface area contributed by atoms with Gasteiger partial charge in [-0.15, -0.1) is 0 Å². The first-order chi connectivity index (χ1) is 14.9. The van der Waals surface area contributed by atoms with Crippen LogP contribution in [0, 0.1) is 11.3 Å². The van der Waals surface area contributed by atoms with E-state index in [0.717, 1.165) is 5.75 Å². The molecule has 2 amide bonds. The number of nitrogens with one attached hydrogen (secondary N) is 2. The zero-order chi connectivity index (χ0) is 22.4. The Morgan fingerprint density at radius 3 is 2.65 bits per heavy atom. The van der Waals surface area contributed by atoms with Crippen LogP contribution in [0.15, 0.2) is 69.0 Å². The number of benzene rings is 1. The summed E-state index contributed by atoms with van der Waals surface area (Å²) in [5.41, 5.74) is 7.25. The van der Waals surface area contributed by atoms with Crippen molar-refractivity contribution in [3.05, 3.63) is 70.3 Å². The number of nitrogens with zero attached hydrogens (tertiary/aromatic N) is 1. The highest BCUT2D eigenvalue weighted by molar-refractivity contribution is 8.03. The number of rotatable bonds is 8. The van der Waals surface area contributed by atoms with Gasteiger partial charge in [0.15, 0.2) is 0 Å². The number of carbonyl (C=O) groups excluding carboxylic acids is 2. The quantitative estimate of drug-likeness (QED) is 0.577. The van der Waals surface area contributed by atoms with Crippen LogP contribution in [0.2, 0.25) is 0 Å². The second-order valence-electron chi connectivity index (χ2n) is 6.63. The van der Waals surface area contributed by atoms with Crippen LogP contribution in [0.5, 0.6) is 5.75 Å². The molecule has 160 valence electrons. The first-order valence-electron chi connectivity index (χ1n) is 9.55. The molecule has 0 spiro atoms. The second-order valence-corrected chi connectivity index (χ2v) is 7.61. The van der Waals surface area contributed by atoms with Gasteiger partial charge in [0.25, 0.3) is 0 Å². The van der Waals surface area contributed by atoms with Gasteiger partial charge in [-0.1, -0.05) is 11.8 Å². The van der Waals surface area contributed by atoms with Crippen LogP contribution < -0.4 is 21.1 Å². The molecule has 3 rings (SSSR count). The maximum absolute atomic E-state index is 12.4. The fourth-order valence-corrected chi connectivity index (χ4v) is 4.12. The lowest BCUT2D eigenvalue weighted by atomic mass is 9.86. The van der Waals surface area contributed by atoms with Gasteiger partial charge in [-0.05, 0) is 50.2 Å². The topological polar surface area (TPSA) is 130 Å². The van der Waals surface area contributed by atoms with Gasteiger partial charge in [0.2, 0.25) is 11.8 Å². The molecule has 1 aromatic carbocycles. The maximum atomic E-state index is 12.4. The molecular formula is C22H22N4O4S. The Kier molecular flexibility index (Phi) is 7.05. The number of hydrogen-bond acceptors (Lipinski definition) is 7. The molecule has 0 radical (unpaired) electrons. The molecule has 9 heteroatoms. The SMILES string of the molecule is CCOc1ccc(NC(=O)CSC2=C(C#N)[C@@H](c3ccco3)C(C(N)=O)=C(C)N2)cc1. The minimum Gasteiger partial charge on any atom is -0.494 e. The van der Waals surface area contributed by atoms with E-state index in [4.69, 9.17) is 14.9 Å². The summed E-state index contributed by atoms with van der Waals surface area (Å²) in [5.74, 6) is -0.389. The maximum Gasteiger partial charge on any atom is 0.247 e. The summed E-state index contributed by atoms with van der Waals surface area (Å²) in [4.78, 5) is 24.5. The summed E-state index contributed by atoms with van der Waals surface area (Å²) in [6.07, 6.45) is 1.47. The molecule has 0 unspecified atom stereocenters. The normalized spacial score (nSPS) is 15.8. The van der Waals surface area contributed by atoms with Crippen LogP contribution in [0.3, 0.4) is 0 Å². The number of furan rings is 1. The number of amides is 2. The van der Waals surface area contributed by atoms with Crippen molar-refractivity contribution >= 4 is 29.3 Å². The number of anilines is 1. The number of nitrogens with two attached hydrogens (primary N) is 1. The Balaban J connectivity index is 1.75. The molecule has 2 heterocycles. The summed E-state index contributed by atoms with van der Waals surface area (Å²) in [6.45, 7) is 4.16. The Morgan fingerprint density at radius 1 is 1.32 bits per heavy atom. The van der Waals surface area contributed by atoms with Crippen molar-refractivity contribution in [2.75, 3.05) is 17.7 Å². The lowest BCUT2D eigenvalue weighted by molar-refractivity contribution is -0.115. The Bertz CT molecular complexity index is 1070. The number of carbonyl (C=O) groups is 2. The highest BCUT2D eigenvalue weighted by Gasteiger charge is 2.35. The Morgan fingerprint density at radius 2 is 2.06 bits per heavy atom. The molecule has 0 saturated carbocycles. The van der Waals surface area contributed by atoms with Crippen LogP contribution in [0.4, 0.5) is 5.69 Å². The van der Waals surface area contributed by atoms with E-state index in [-0.39, 0.29) is 22.8 Å². The molecule has 1 atom stereocenters. The van der Waals surface area contributed by atoms with Crippen molar-refractivity contribution in [1.29, 1.82) is 5.26 Å². The van der Waals surface area contributed by atoms with Crippen LogP contribution in [-0.2, 0) is 9.59 Å². The second kappa shape index (κ2) is 9.91. The standard InChI is InChI=1S/C22H22N4O4S/c1-3-29-15-8-6-14(7-9-15)26-18(27)12-31-22-16(11-23)20(17-5-4-10-30-17)19(21(24)28)13(2)25-22/h4-10,20,25H,3,12H2,1-2H3,(H2,24,28)(H,26,27)/t20-/m0/s1. The molecule has 0 aliphatic carbocycles. The van der Waals surface area contributed by atoms with E-state index in [1.165, 1.54) is 18.0 Å². The molecule has 0 saturated heterocycles. The summed E-state index contributed by atoms with van der Waals surface area (Å²) >= 11 is 1.17. The number of dihydropyridines is 1. The minimum atomic E-state index is -0.726. The summed E-state index contributed by atoms with van der Waals surface area (Å²) in [5, 5.41) is 16.1. The summed E-state index contributed by atoms with van der Waals surface area (Å²) < 4.78 is 10.8. The van der Waals surface area contributed by atoms with E-state index in [1.54, 1.807) is 43.3 Å². The average Bonchev–Trinajstić information content (AvgIpc) is 3.27. The largest absolute Gasteiger partial charge is 0.494 e. The van der Waals surface area contributed by atoms with E-state index < -0.39 is 11.8 Å². The average molecular weight is 439 g/mol. The van der Waals surface area contributed by atoms with Crippen molar-refractivity contribution < 1.29 is 18.7 Å². The van der Waals surface area contributed by atoms with Crippen LogP contribution >= 0.6 is 11.8 Å². The third-order valence-electron chi connectivity index (χ3n) is 4.54. The van der Waals surface area contributed by atoms with Gasteiger partial charge in [0, 0.05) is 11.4 Å². The molecule has 1 aliphatic rings. The highest BCUT2D eigenvalue weighted by atomic mass is 32.2. The smallest absolute Gasteiger partial charge is 0.247 e. The predicted molar refractivity (Wildman–Crippen MR) is 118 cm³/mol. The van der Waals surface area contributed by atoms with Gasteiger partial charge >= 0.3 is 0 Å². The zero-order valence-electron chi connectivity index (χ0n) is 17.1. The fraction of sp³-hybridized carbons (Fsp3) is 0.227. The number of nitriles is 1. The fourth-order valence-electron chi connectivity index (χ4n) is 3.23. The van der Waals surface area contributed by atoms with Gasteiger partial charge in [0.1, 0.15) is 11.5 Å². The molecule has 1 aromatic heterocycles. The molecule has 2 aromatic rings. The van der Waals surface area contributed by atoms with E-state index in [1.807, 2.05) is 6.92 Å². The molecule has 0 fully saturated rings. The lowest BCUT2D eigenvalue weighted by Gasteiger charge is -2.27. The van der Waals surface area contributed by atoms with E-state index in [9.17, 15) is 14.9 Å². The molecule has 0 bridgehead atoms. The van der Waals surface area contributed by atoms with E-state index in [2.05, 4.69) is 16.7 Å². The number of hydrogen-bond donors (Lipinski definition) is 3. The first-order valence-corrected chi connectivity index (χ1v) is 10.5. The van der Waals surface area contributed by atoms with E-state index in [0.29, 0.717) is 28.8 Å². The third-order valence-corrected chi connectivity index (χ3v) is 5.55. The van der Waals surface area contributed by atoms with Gasteiger partial charge in [-0.25, -0.2) is 0 Å². The molecule has 4 N–H and O–H groups in total. The van der Waals surface area contributed by atoms with Crippen LogP contribution in [0.25, 0.3) is 0 Å². The number of ether oxygens (including phenoxy) is 1. The van der Waals surface area contributed by atoms with Gasteiger partial charge in [0.05, 0.1) is 46.8 Å². The third kappa shape index (κ3) is 5.10. The highest BCUT2D eigenvalue weighted by Crippen LogP contribution is 2.40. The van der Waals surface area contributed by atoms with Crippen LogP contribution in [-0.4, -0.2) is 24.2 Å². The molecular weight excluding hydrogens is 416 g/mol. The van der Waals surface area contributed by atoms with Crippen molar-refractivity contribution in [1.82, 2.24) is 5.32 Å². The lowest BCUT2D eigenvalue weighted by Crippen LogP contribution is -2.31. The van der Waals surface area contributed by atoms with Crippen molar-refractivity contribution in [2.24, 2.45) is 5.73 Å². The monoisotopic (exact) mass is 438 g/mol. The number of primary amides is 1. The van der Waals surface area contributed by atoms with Crippen molar-refractivity contribution in [3.63, 3.8) is 0 Å². The first kappa shape index (κ1) is 22.1. The molecule has 1 aliphatic heterocycles. The van der Waals surface area contributed by atoms with E-state index >= 15 is 0 Å². The molecule has 8 nitrogen and oxygen atoms in total. The van der Waals surface area contributed by atoms with Crippen molar-refractivity contribution in [2.45, 2.75) is 19.8 Å². The number of allylic oxidation sites excluding steroid dienone is 2. The summed E-state index contributed by atoms with van der Waals surface area (Å²) in [7, 11) is 0.